The molecule has 94 valence electrons. The van der Waals surface area contributed by atoms with Crippen LogP contribution in [-0.4, -0.2) is 39.7 Å². The molecule has 2 heterocycles. The van der Waals surface area contributed by atoms with Gasteiger partial charge in [0, 0.05) is 26.0 Å². The Hall–Kier alpha value is -1.23. The van der Waals surface area contributed by atoms with Crippen LogP contribution in [0.5, 0.6) is 0 Å². The number of alkyl halides is 1. The SMILES string of the molecule is Cc1nn(C)c2c1CCN(C(=O)NCCCl)C2. The Labute approximate surface area is 106 Å². The van der Waals surface area contributed by atoms with Crippen LogP contribution in [0.1, 0.15) is 17.0 Å². The summed E-state index contributed by atoms with van der Waals surface area (Å²) in [6, 6.07) is -0.0462. The first-order valence-electron chi connectivity index (χ1n) is 5.73. The van der Waals surface area contributed by atoms with Crippen LogP contribution < -0.4 is 5.32 Å². The smallest absolute Gasteiger partial charge is 0.317 e. The van der Waals surface area contributed by atoms with Crippen molar-refractivity contribution in [1.82, 2.24) is 20.0 Å². The molecule has 1 aromatic heterocycles. The number of carbonyl (C=O) groups is 1. The van der Waals surface area contributed by atoms with Gasteiger partial charge in [-0.15, -0.1) is 11.6 Å². The second kappa shape index (κ2) is 4.96. The summed E-state index contributed by atoms with van der Waals surface area (Å²) >= 11 is 5.55. The van der Waals surface area contributed by atoms with Crippen molar-refractivity contribution in [2.75, 3.05) is 19.0 Å². The maximum absolute atomic E-state index is 11.8. The molecule has 0 unspecified atom stereocenters. The first-order valence-corrected chi connectivity index (χ1v) is 6.27. The van der Waals surface area contributed by atoms with E-state index in [0.717, 1.165) is 24.4 Å². The predicted molar refractivity (Wildman–Crippen MR) is 66.2 cm³/mol. The molecule has 1 aliphatic heterocycles. The molecule has 0 spiro atoms. The highest BCUT2D eigenvalue weighted by molar-refractivity contribution is 6.18. The molecule has 1 N–H and O–H groups in total. The minimum absolute atomic E-state index is 0.0462. The van der Waals surface area contributed by atoms with E-state index in [1.807, 2.05) is 18.7 Å². The van der Waals surface area contributed by atoms with Crippen molar-refractivity contribution in [2.24, 2.45) is 7.05 Å². The van der Waals surface area contributed by atoms with E-state index in [9.17, 15) is 4.79 Å². The molecule has 2 rings (SSSR count). The molecule has 6 heteroatoms. The van der Waals surface area contributed by atoms with E-state index in [1.54, 1.807) is 4.90 Å². The molecule has 1 aliphatic rings. The van der Waals surface area contributed by atoms with Gasteiger partial charge >= 0.3 is 6.03 Å². The average Bonchev–Trinajstić information content (AvgIpc) is 2.61. The number of hydrogen-bond donors (Lipinski definition) is 1. The summed E-state index contributed by atoms with van der Waals surface area (Å²) in [6.45, 7) is 3.89. The minimum Gasteiger partial charge on any atom is -0.337 e. The quantitative estimate of drug-likeness (QED) is 0.804. The molecule has 0 saturated carbocycles. The van der Waals surface area contributed by atoms with E-state index >= 15 is 0 Å². The first-order chi connectivity index (χ1) is 8.13. The zero-order valence-electron chi connectivity index (χ0n) is 10.2. The Bertz CT molecular complexity index is 429. The van der Waals surface area contributed by atoms with Gasteiger partial charge in [-0.1, -0.05) is 0 Å². The molecule has 1 aromatic rings. The van der Waals surface area contributed by atoms with Crippen LogP contribution in [0, 0.1) is 6.92 Å². The van der Waals surface area contributed by atoms with E-state index in [-0.39, 0.29) is 6.03 Å². The third kappa shape index (κ3) is 2.39. The molecule has 0 fully saturated rings. The Kier molecular flexibility index (Phi) is 3.57. The van der Waals surface area contributed by atoms with Gasteiger partial charge in [0.25, 0.3) is 0 Å². The maximum Gasteiger partial charge on any atom is 0.317 e. The Morgan fingerprint density at radius 3 is 3.06 bits per heavy atom. The summed E-state index contributed by atoms with van der Waals surface area (Å²) in [5, 5.41) is 7.17. The molecular weight excluding hydrogens is 240 g/mol. The normalized spacial score (nSPS) is 14.6. The number of urea groups is 1. The number of carbonyl (C=O) groups excluding carboxylic acids is 1. The van der Waals surface area contributed by atoms with E-state index < -0.39 is 0 Å². The van der Waals surface area contributed by atoms with Crippen LogP contribution in [0.2, 0.25) is 0 Å². The molecule has 0 aromatic carbocycles. The second-order valence-corrected chi connectivity index (χ2v) is 4.60. The third-order valence-electron chi connectivity index (χ3n) is 3.11. The van der Waals surface area contributed by atoms with Crippen LogP contribution in [-0.2, 0) is 20.0 Å². The fourth-order valence-electron chi connectivity index (χ4n) is 2.22. The summed E-state index contributed by atoms with van der Waals surface area (Å²) in [5.41, 5.74) is 3.49. The Morgan fingerprint density at radius 2 is 2.35 bits per heavy atom. The number of amides is 2. The lowest BCUT2D eigenvalue weighted by Gasteiger charge is -2.27. The number of nitrogens with one attached hydrogen (secondary N) is 1. The van der Waals surface area contributed by atoms with Gasteiger partial charge in [-0.05, 0) is 18.9 Å². The van der Waals surface area contributed by atoms with E-state index in [0.29, 0.717) is 19.0 Å². The molecule has 5 nitrogen and oxygen atoms in total. The Morgan fingerprint density at radius 1 is 1.59 bits per heavy atom. The van der Waals surface area contributed by atoms with Gasteiger partial charge in [0.05, 0.1) is 17.9 Å². The van der Waals surface area contributed by atoms with Gasteiger partial charge in [0.1, 0.15) is 0 Å². The number of rotatable bonds is 2. The van der Waals surface area contributed by atoms with Gasteiger partial charge in [-0.3, -0.25) is 4.68 Å². The van der Waals surface area contributed by atoms with E-state index in [1.165, 1.54) is 5.56 Å². The molecule has 0 radical (unpaired) electrons. The van der Waals surface area contributed by atoms with E-state index in [2.05, 4.69) is 10.4 Å². The van der Waals surface area contributed by atoms with Gasteiger partial charge < -0.3 is 10.2 Å². The zero-order chi connectivity index (χ0) is 12.4. The molecule has 2 amide bonds. The minimum atomic E-state index is -0.0462. The van der Waals surface area contributed by atoms with Crippen molar-refractivity contribution in [2.45, 2.75) is 19.9 Å². The maximum atomic E-state index is 11.8. The van der Waals surface area contributed by atoms with Crippen LogP contribution in [0.4, 0.5) is 4.79 Å². The largest absolute Gasteiger partial charge is 0.337 e. The van der Waals surface area contributed by atoms with Crippen molar-refractivity contribution in [3.8, 4) is 0 Å². The third-order valence-corrected chi connectivity index (χ3v) is 3.29. The lowest BCUT2D eigenvalue weighted by molar-refractivity contribution is 0.191. The van der Waals surface area contributed by atoms with Crippen LogP contribution in [0.3, 0.4) is 0 Å². The highest BCUT2D eigenvalue weighted by Gasteiger charge is 2.24. The van der Waals surface area contributed by atoms with Crippen molar-refractivity contribution < 1.29 is 4.79 Å². The Balaban J connectivity index is 2.08. The number of aryl methyl sites for hydroxylation is 2. The van der Waals surface area contributed by atoms with E-state index in [4.69, 9.17) is 11.6 Å². The summed E-state index contributed by atoms with van der Waals surface area (Å²) in [7, 11) is 1.92. The topological polar surface area (TPSA) is 50.2 Å². The lowest BCUT2D eigenvalue weighted by Crippen LogP contribution is -2.43. The summed E-state index contributed by atoms with van der Waals surface area (Å²) in [5.74, 6) is 0.440. The molecule has 0 saturated heterocycles. The van der Waals surface area contributed by atoms with Crippen LogP contribution in [0.15, 0.2) is 0 Å². The standard InChI is InChI=1S/C11H17ClN4O/c1-8-9-3-6-16(11(17)13-5-4-12)7-10(9)15(2)14-8/h3-7H2,1-2H3,(H,13,17). The highest BCUT2D eigenvalue weighted by Crippen LogP contribution is 2.21. The first kappa shape index (κ1) is 12.2. The van der Waals surface area contributed by atoms with Crippen molar-refractivity contribution >= 4 is 17.6 Å². The van der Waals surface area contributed by atoms with Gasteiger partial charge in [-0.25, -0.2) is 4.79 Å². The van der Waals surface area contributed by atoms with Gasteiger partial charge in [0.2, 0.25) is 0 Å². The number of hydrogen-bond acceptors (Lipinski definition) is 2. The predicted octanol–water partition coefficient (Wildman–Crippen LogP) is 1.04. The van der Waals surface area contributed by atoms with Crippen molar-refractivity contribution in [3.05, 3.63) is 17.0 Å². The number of aromatic nitrogens is 2. The zero-order valence-corrected chi connectivity index (χ0v) is 10.9. The molecule has 0 atom stereocenters. The molecule has 0 bridgehead atoms. The van der Waals surface area contributed by atoms with Crippen LogP contribution >= 0.6 is 11.6 Å². The lowest BCUT2D eigenvalue weighted by atomic mass is 10.1. The fraction of sp³-hybridized carbons (Fsp3) is 0.636. The van der Waals surface area contributed by atoms with Crippen LogP contribution in [0.25, 0.3) is 0 Å². The summed E-state index contributed by atoms with van der Waals surface area (Å²) < 4.78 is 1.87. The van der Waals surface area contributed by atoms with Crippen molar-refractivity contribution in [1.29, 1.82) is 0 Å². The number of halogens is 1. The molecule has 0 aliphatic carbocycles. The summed E-state index contributed by atoms with van der Waals surface area (Å²) in [6.07, 6.45) is 0.878. The van der Waals surface area contributed by atoms with Crippen molar-refractivity contribution in [3.63, 3.8) is 0 Å². The monoisotopic (exact) mass is 256 g/mol. The number of nitrogens with zero attached hydrogens (tertiary/aromatic N) is 3. The van der Waals surface area contributed by atoms with Gasteiger partial charge in [-0.2, -0.15) is 5.10 Å². The summed E-state index contributed by atoms with van der Waals surface area (Å²) in [4.78, 5) is 13.6. The second-order valence-electron chi connectivity index (χ2n) is 4.23. The fourth-order valence-corrected chi connectivity index (χ4v) is 2.31. The average molecular weight is 257 g/mol. The molecule has 17 heavy (non-hydrogen) atoms. The molecular formula is C11H17ClN4O. The van der Waals surface area contributed by atoms with Gasteiger partial charge in [0.15, 0.2) is 0 Å². The highest BCUT2D eigenvalue weighted by atomic mass is 35.5. The number of fused-ring (bicyclic) bond motifs is 1.